The van der Waals surface area contributed by atoms with E-state index in [4.69, 9.17) is 0 Å². The smallest absolute Gasteiger partial charge is 0.0704 e. The van der Waals surface area contributed by atoms with E-state index in [2.05, 4.69) is 34.6 Å². The van der Waals surface area contributed by atoms with Gasteiger partial charge >= 0.3 is 0 Å². The molecular weight excluding hydrogens is 256 g/mol. The second-order valence-electron chi connectivity index (χ2n) is 6.79. The van der Waals surface area contributed by atoms with Crippen molar-refractivity contribution in [2.24, 2.45) is 5.92 Å². The Bertz CT molecular complexity index is 618. The molecule has 0 bridgehead atoms. The Morgan fingerprint density at radius 3 is 2.86 bits per heavy atom. The standard InChI is InChI=1S/C19H24N2/c1-2-6-18(16(4-1)13-21-17-9-10-17)15-8-7-14-5-3-11-20-19(14)12-15/h3,5,7-8,11-12,16-18,21H,1-2,4,6,9-10,13H2. The Balaban J connectivity index is 1.57. The van der Waals surface area contributed by atoms with Crippen molar-refractivity contribution in [1.82, 2.24) is 10.3 Å². The summed E-state index contributed by atoms with van der Waals surface area (Å²) >= 11 is 0. The van der Waals surface area contributed by atoms with Crippen molar-refractivity contribution >= 4 is 10.9 Å². The lowest BCUT2D eigenvalue weighted by atomic mass is 9.75. The van der Waals surface area contributed by atoms with Gasteiger partial charge in [0.15, 0.2) is 0 Å². The number of hydrogen-bond acceptors (Lipinski definition) is 2. The molecule has 0 radical (unpaired) electrons. The largest absolute Gasteiger partial charge is 0.314 e. The fraction of sp³-hybridized carbons (Fsp3) is 0.526. The highest BCUT2D eigenvalue weighted by molar-refractivity contribution is 5.79. The fourth-order valence-corrected chi connectivity index (χ4v) is 3.81. The Labute approximate surface area is 127 Å². The number of fused-ring (bicyclic) bond motifs is 1. The minimum atomic E-state index is 0.719. The maximum absolute atomic E-state index is 4.53. The van der Waals surface area contributed by atoms with Gasteiger partial charge in [-0.05, 0) is 61.8 Å². The second-order valence-corrected chi connectivity index (χ2v) is 6.79. The van der Waals surface area contributed by atoms with Gasteiger partial charge in [-0.25, -0.2) is 0 Å². The third kappa shape index (κ3) is 2.96. The molecule has 0 spiro atoms. The van der Waals surface area contributed by atoms with Crippen LogP contribution in [0.25, 0.3) is 10.9 Å². The molecule has 1 aromatic heterocycles. The van der Waals surface area contributed by atoms with E-state index in [-0.39, 0.29) is 0 Å². The predicted octanol–water partition coefficient (Wildman–Crippen LogP) is 4.26. The van der Waals surface area contributed by atoms with Crippen LogP contribution in [0.4, 0.5) is 0 Å². The Hall–Kier alpha value is -1.41. The minimum Gasteiger partial charge on any atom is -0.314 e. The second kappa shape index (κ2) is 5.76. The van der Waals surface area contributed by atoms with E-state index in [9.17, 15) is 0 Å². The zero-order chi connectivity index (χ0) is 14.1. The third-order valence-corrected chi connectivity index (χ3v) is 5.21. The molecule has 0 amide bonds. The first-order valence-electron chi connectivity index (χ1n) is 8.48. The summed E-state index contributed by atoms with van der Waals surface area (Å²) in [5.41, 5.74) is 2.65. The summed E-state index contributed by atoms with van der Waals surface area (Å²) < 4.78 is 0. The summed E-state index contributed by atoms with van der Waals surface area (Å²) in [6.07, 6.45) is 10.2. The van der Waals surface area contributed by atoms with Gasteiger partial charge in [0.2, 0.25) is 0 Å². The number of hydrogen-bond donors (Lipinski definition) is 1. The summed E-state index contributed by atoms with van der Waals surface area (Å²) in [5, 5.41) is 5.00. The molecule has 2 aliphatic carbocycles. The highest BCUT2D eigenvalue weighted by Crippen LogP contribution is 2.38. The molecule has 2 atom stereocenters. The highest BCUT2D eigenvalue weighted by Gasteiger charge is 2.29. The van der Waals surface area contributed by atoms with Gasteiger partial charge in [0, 0.05) is 17.6 Å². The Morgan fingerprint density at radius 1 is 1.05 bits per heavy atom. The molecule has 2 nitrogen and oxygen atoms in total. The first-order valence-corrected chi connectivity index (χ1v) is 8.48. The Morgan fingerprint density at radius 2 is 1.95 bits per heavy atom. The number of benzene rings is 1. The van der Waals surface area contributed by atoms with Crippen molar-refractivity contribution in [2.75, 3.05) is 6.54 Å². The monoisotopic (exact) mass is 280 g/mol. The SMILES string of the molecule is c1cnc2cc(C3CCCCC3CNC3CC3)ccc2c1. The molecule has 2 saturated carbocycles. The van der Waals surface area contributed by atoms with E-state index in [1.807, 2.05) is 12.3 Å². The molecule has 2 unspecified atom stereocenters. The zero-order valence-electron chi connectivity index (χ0n) is 12.6. The van der Waals surface area contributed by atoms with Crippen LogP contribution < -0.4 is 5.32 Å². The van der Waals surface area contributed by atoms with E-state index in [1.165, 1.54) is 56.0 Å². The van der Waals surface area contributed by atoms with Gasteiger partial charge in [-0.1, -0.05) is 31.0 Å². The van der Waals surface area contributed by atoms with E-state index in [0.717, 1.165) is 23.4 Å². The number of rotatable bonds is 4. The van der Waals surface area contributed by atoms with Crippen LogP contribution in [0.15, 0.2) is 36.5 Å². The lowest BCUT2D eigenvalue weighted by Crippen LogP contribution is -2.30. The summed E-state index contributed by atoms with van der Waals surface area (Å²) in [4.78, 5) is 4.53. The van der Waals surface area contributed by atoms with Crippen LogP contribution in [0.3, 0.4) is 0 Å². The first-order chi connectivity index (χ1) is 10.4. The molecule has 110 valence electrons. The van der Waals surface area contributed by atoms with Gasteiger partial charge in [-0.2, -0.15) is 0 Å². The van der Waals surface area contributed by atoms with E-state index in [0.29, 0.717) is 0 Å². The molecule has 21 heavy (non-hydrogen) atoms. The molecule has 2 aromatic rings. The number of nitrogens with one attached hydrogen (secondary N) is 1. The van der Waals surface area contributed by atoms with Gasteiger partial charge in [0.1, 0.15) is 0 Å². The topological polar surface area (TPSA) is 24.9 Å². The normalized spacial score (nSPS) is 26.1. The molecule has 0 aliphatic heterocycles. The molecule has 1 N–H and O–H groups in total. The van der Waals surface area contributed by atoms with Crippen LogP contribution in [0.5, 0.6) is 0 Å². The van der Waals surface area contributed by atoms with Crippen molar-refractivity contribution in [3.8, 4) is 0 Å². The van der Waals surface area contributed by atoms with Crippen LogP contribution in [0, 0.1) is 5.92 Å². The van der Waals surface area contributed by atoms with Gasteiger partial charge < -0.3 is 5.32 Å². The van der Waals surface area contributed by atoms with Crippen molar-refractivity contribution in [3.63, 3.8) is 0 Å². The van der Waals surface area contributed by atoms with Crippen molar-refractivity contribution in [2.45, 2.75) is 50.5 Å². The van der Waals surface area contributed by atoms with Crippen LogP contribution in [0.1, 0.15) is 50.0 Å². The molecule has 0 saturated heterocycles. The zero-order valence-corrected chi connectivity index (χ0v) is 12.6. The Kier molecular flexibility index (Phi) is 3.64. The van der Waals surface area contributed by atoms with Crippen molar-refractivity contribution < 1.29 is 0 Å². The fourth-order valence-electron chi connectivity index (χ4n) is 3.81. The van der Waals surface area contributed by atoms with Crippen LogP contribution in [-0.4, -0.2) is 17.6 Å². The first kappa shape index (κ1) is 13.3. The average Bonchev–Trinajstić information content (AvgIpc) is 3.37. The van der Waals surface area contributed by atoms with Gasteiger partial charge in [0.05, 0.1) is 5.52 Å². The van der Waals surface area contributed by atoms with Crippen molar-refractivity contribution in [1.29, 1.82) is 0 Å². The van der Waals surface area contributed by atoms with Crippen LogP contribution in [-0.2, 0) is 0 Å². The molecule has 1 aromatic carbocycles. The van der Waals surface area contributed by atoms with Crippen molar-refractivity contribution in [3.05, 3.63) is 42.1 Å². The molecule has 2 heteroatoms. The lowest BCUT2D eigenvalue weighted by molar-refractivity contribution is 0.295. The minimum absolute atomic E-state index is 0.719. The molecule has 4 rings (SSSR count). The van der Waals surface area contributed by atoms with Crippen LogP contribution in [0.2, 0.25) is 0 Å². The summed E-state index contributed by atoms with van der Waals surface area (Å²) in [6, 6.07) is 11.9. The maximum atomic E-state index is 4.53. The lowest BCUT2D eigenvalue weighted by Gasteiger charge is -2.32. The number of pyridine rings is 1. The van der Waals surface area contributed by atoms with E-state index in [1.54, 1.807) is 0 Å². The number of nitrogens with zero attached hydrogens (tertiary/aromatic N) is 1. The van der Waals surface area contributed by atoms with Gasteiger partial charge in [0.25, 0.3) is 0 Å². The molecule has 2 aliphatic rings. The third-order valence-electron chi connectivity index (χ3n) is 5.21. The van der Waals surface area contributed by atoms with E-state index >= 15 is 0 Å². The van der Waals surface area contributed by atoms with Crippen LogP contribution >= 0.6 is 0 Å². The van der Waals surface area contributed by atoms with Gasteiger partial charge in [-0.3, -0.25) is 4.98 Å². The molecule has 1 heterocycles. The predicted molar refractivity (Wildman–Crippen MR) is 87.5 cm³/mol. The maximum Gasteiger partial charge on any atom is 0.0704 e. The quantitative estimate of drug-likeness (QED) is 0.905. The average molecular weight is 280 g/mol. The summed E-state index contributed by atoms with van der Waals surface area (Å²) in [6.45, 7) is 1.20. The highest BCUT2D eigenvalue weighted by atomic mass is 14.9. The summed E-state index contributed by atoms with van der Waals surface area (Å²) in [5.74, 6) is 1.52. The van der Waals surface area contributed by atoms with E-state index < -0.39 is 0 Å². The number of aromatic nitrogens is 1. The summed E-state index contributed by atoms with van der Waals surface area (Å²) in [7, 11) is 0. The van der Waals surface area contributed by atoms with Gasteiger partial charge in [-0.15, -0.1) is 0 Å². The molecule has 2 fully saturated rings. The molecular formula is C19H24N2.